The highest BCUT2D eigenvalue weighted by Gasteiger charge is 2.17. The Labute approximate surface area is 96.8 Å². The molecule has 0 unspecified atom stereocenters. The van der Waals surface area contributed by atoms with Crippen LogP contribution in [0.15, 0.2) is 18.2 Å². The lowest BCUT2D eigenvalue weighted by atomic mass is 10.1. The van der Waals surface area contributed by atoms with Gasteiger partial charge in [-0.2, -0.15) is 0 Å². The molecule has 4 N–H and O–H groups in total. The van der Waals surface area contributed by atoms with E-state index in [1.54, 1.807) is 0 Å². The predicted molar refractivity (Wildman–Crippen MR) is 61.5 cm³/mol. The van der Waals surface area contributed by atoms with Crippen molar-refractivity contribution in [1.82, 2.24) is 9.66 Å². The van der Waals surface area contributed by atoms with Gasteiger partial charge in [0.1, 0.15) is 23.2 Å². The van der Waals surface area contributed by atoms with Crippen LogP contribution in [0.5, 0.6) is 0 Å². The van der Waals surface area contributed by atoms with Crippen molar-refractivity contribution in [2.24, 2.45) is 0 Å². The molecule has 0 radical (unpaired) electrons. The maximum Gasteiger partial charge on any atom is 0.150 e. The first kappa shape index (κ1) is 11.4. The zero-order chi connectivity index (χ0) is 12.6. The van der Waals surface area contributed by atoms with Gasteiger partial charge in [-0.15, -0.1) is 0 Å². The number of nitrogen functional groups attached to an aromatic ring is 2. The Morgan fingerprint density at radius 1 is 1.35 bits per heavy atom. The molecule has 0 spiro atoms. The van der Waals surface area contributed by atoms with E-state index in [1.165, 1.54) is 4.68 Å². The number of nitrogens with two attached hydrogens (primary N) is 2. The first-order valence-electron chi connectivity index (χ1n) is 5.12. The van der Waals surface area contributed by atoms with E-state index in [4.69, 9.17) is 11.6 Å². The molecule has 0 saturated carbocycles. The van der Waals surface area contributed by atoms with E-state index in [2.05, 4.69) is 4.98 Å². The second-order valence-electron chi connectivity index (χ2n) is 3.61. The Morgan fingerprint density at radius 3 is 2.65 bits per heavy atom. The fourth-order valence-electron chi connectivity index (χ4n) is 1.62. The number of hydrogen-bond acceptors (Lipinski definition) is 3. The van der Waals surface area contributed by atoms with E-state index in [0.717, 1.165) is 18.2 Å². The number of nitrogens with zero attached hydrogens (tertiary/aromatic N) is 2. The highest BCUT2D eigenvalue weighted by molar-refractivity contribution is 5.71. The average Bonchev–Trinajstić information content (AvgIpc) is 2.59. The van der Waals surface area contributed by atoms with Crippen LogP contribution >= 0.6 is 0 Å². The van der Waals surface area contributed by atoms with Crippen molar-refractivity contribution in [1.29, 1.82) is 0 Å². The standard InChI is InChI=1S/C11H12F2N4/c1-2-9-16-10(11(14)17(9)15)7-5-6(12)3-4-8(7)13/h3-5H,2,14-15H2,1H3. The third-order valence-electron chi connectivity index (χ3n) is 2.52. The van der Waals surface area contributed by atoms with Gasteiger partial charge in [0.05, 0.1) is 0 Å². The quantitative estimate of drug-likeness (QED) is 0.782. The van der Waals surface area contributed by atoms with E-state index >= 15 is 0 Å². The zero-order valence-electron chi connectivity index (χ0n) is 9.24. The summed E-state index contributed by atoms with van der Waals surface area (Å²) in [5.74, 6) is 5.15. The van der Waals surface area contributed by atoms with Gasteiger partial charge in [0.2, 0.25) is 0 Å². The van der Waals surface area contributed by atoms with Gasteiger partial charge >= 0.3 is 0 Å². The van der Waals surface area contributed by atoms with Gasteiger partial charge in [0.15, 0.2) is 5.82 Å². The van der Waals surface area contributed by atoms with Crippen molar-refractivity contribution in [3.8, 4) is 11.3 Å². The van der Waals surface area contributed by atoms with E-state index in [1.807, 2.05) is 6.92 Å². The molecular formula is C11H12F2N4. The molecule has 0 fully saturated rings. The molecule has 2 aromatic rings. The number of hydrogen-bond donors (Lipinski definition) is 2. The summed E-state index contributed by atoms with van der Waals surface area (Å²) in [6.45, 7) is 1.84. The van der Waals surface area contributed by atoms with E-state index in [-0.39, 0.29) is 17.1 Å². The maximum absolute atomic E-state index is 13.6. The average molecular weight is 238 g/mol. The summed E-state index contributed by atoms with van der Waals surface area (Å²) in [4.78, 5) is 4.11. The first-order valence-corrected chi connectivity index (χ1v) is 5.12. The minimum atomic E-state index is -0.584. The number of benzene rings is 1. The number of anilines is 1. The summed E-state index contributed by atoms with van der Waals surface area (Å²) in [5, 5.41) is 0. The highest BCUT2D eigenvalue weighted by atomic mass is 19.1. The number of aromatic nitrogens is 2. The van der Waals surface area contributed by atoms with Gasteiger partial charge in [-0.3, -0.25) is 0 Å². The lowest BCUT2D eigenvalue weighted by molar-refractivity contribution is 0.603. The van der Waals surface area contributed by atoms with Crippen molar-refractivity contribution in [3.63, 3.8) is 0 Å². The summed E-state index contributed by atoms with van der Waals surface area (Å²) < 4.78 is 27.8. The van der Waals surface area contributed by atoms with Gasteiger partial charge in [0.25, 0.3) is 0 Å². The van der Waals surface area contributed by atoms with Gasteiger partial charge in [-0.05, 0) is 18.2 Å². The summed E-state index contributed by atoms with van der Waals surface area (Å²) in [6.07, 6.45) is 0.553. The van der Waals surface area contributed by atoms with E-state index in [0.29, 0.717) is 12.2 Å². The Kier molecular flexibility index (Phi) is 2.71. The lowest BCUT2D eigenvalue weighted by Gasteiger charge is -2.02. The Morgan fingerprint density at radius 2 is 2.06 bits per heavy atom. The van der Waals surface area contributed by atoms with E-state index in [9.17, 15) is 8.78 Å². The number of imidazole rings is 1. The Bertz CT molecular complexity index is 563. The minimum absolute atomic E-state index is 0.0152. The van der Waals surface area contributed by atoms with Crippen molar-refractivity contribution in [2.45, 2.75) is 13.3 Å². The third-order valence-corrected chi connectivity index (χ3v) is 2.52. The van der Waals surface area contributed by atoms with Crippen LogP contribution in [0.3, 0.4) is 0 Å². The van der Waals surface area contributed by atoms with Gasteiger partial charge in [0, 0.05) is 12.0 Å². The fourth-order valence-corrected chi connectivity index (χ4v) is 1.62. The molecule has 0 aliphatic heterocycles. The third kappa shape index (κ3) is 1.82. The van der Waals surface area contributed by atoms with E-state index < -0.39 is 11.6 Å². The minimum Gasteiger partial charge on any atom is -0.382 e. The molecule has 2 rings (SSSR count). The van der Waals surface area contributed by atoms with Gasteiger partial charge < -0.3 is 11.6 Å². The van der Waals surface area contributed by atoms with Crippen molar-refractivity contribution in [2.75, 3.05) is 11.6 Å². The monoisotopic (exact) mass is 238 g/mol. The Hall–Kier alpha value is -2.11. The summed E-state index contributed by atoms with van der Waals surface area (Å²) in [5.41, 5.74) is 5.90. The summed E-state index contributed by atoms with van der Waals surface area (Å²) in [6, 6.07) is 3.12. The maximum atomic E-state index is 13.6. The van der Waals surface area contributed by atoms with Crippen LogP contribution in [0.25, 0.3) is 11.3 Å². The van der Waals surface area contributed by atoms with Crippen LogP contribution in [-0.2, 0) is 6.42 Å². The van der Waals surface area contributed by atoms with Crippen molar-refractivity contribution < 1.29 is 8.78 Å². The van der Waals surface area contributed by atoms with Crippen LogP contribution in [0.1, 0.15) is 12.7 Å². The number of halogens is 2. The summed E-state index contributed by atoms with van der Waals surface area (Å²) >= 11 is 0. The molecule has 1 aromatic heterocycles. The molecule has 17 heavy (non-hydrogen) atoms. The molecule has 0 bridgehead atoms. The summed E-state index contributed by atoms with van der Waals surface area (Å²) in [7, 11) is 0. The fraction of sp³-hybridized carbons (Fsp3) is 0.182. The molecule has 1 heterocycles. The number of aryl methyl sites for hydroxylation is 1. The predicted octanol–water partition coefficient (Wildman–Crippen LogP) is 1.69. The Balaban J connectivity index is 2.64. The van der Waals surface area contributed by atoms with Crippen LogP contribution in [0.4, 0.5) is 14.6 Å². The van der Waals surface area contributed by atoms with Gasteiger partial charge in [-0.25, -0.2) is 18.4 Å². The second kappa shape index (κ2) is 4.04. The normalized spacial score (nSPS) is 10.8. The molecule has 0 aliphatic rings. The molecule has 0 aliphatic carbocycles. The first-order chi connectivity index (χ1) is 8.04. The van der Waals surface area contributed by atoms with Crippen molar-refractivity contribution in [3.05, 3.63) is 35.7 Å². The molecule has 0 amide bonds. The topological polar surface area (TPSA) is 69.9 Å². The van der Waals surface area contributed by atoms with Crippen LogP contribution in [0, 0.1) is 11.6 Å². The van der Waals surface area contributed by atoms with Gasteiger partial charge in [-0.1, -0.05) is 6.92 Å². The number of rotatable bonds is 2. The largest absolute Gasteiger partial charge is 0.382 e. The van der Waals surface area contributed by atoms with Crippen LogP contribution < -0.4 is 11.6 Å². The SMILES string of the molecule is CCc1nc(-c2cc(F)ccc2F)c(N)n1N. The molecule has 4 nitrogen and oxygen atoms in total. The molecule has 6 heteroatoms. The van der Waals surface area contributed by atoms with Crippen molar-refractivity contribution >= 4 is 5.82 Å². The highest BCUT2D eigenvalue weighted by Crippen LogP contribution is 2.28. The van der Waals surface area contributed by atoms with Crippen LogP contribution in [0.2, 0.25) is 0 Å². The lowest BCUT2D eigenvalue weighted by Crippen LogP contribution is -2.14. The second-order valence-corrected chi connectivity index (χ2v) is 3.61. The zero-order valence-corrected chi connectivity index (χ0v) is 9.24. The van der Waals surface area contributed by atoms with Crippen LogP contribution in [-0.4, -0.2) is 9.66 Å². The smallest absolute Gasteiger partial charge is 0.150 e. The molecule has 1 aromatic carbocycles. The molecule has 0 atom stereocenters. The molecule has 0 saturated heterocycles. The molecule has 90 valence electrons. The molecular weight excluding hydrogens is 226 g/mol.